The van der Waals surface area contributed by atoms with Crippen molar-refractivity contribution in [2.75, 3.05) is 0 Å². The van der Waals surface area contributed by atoms with Crippen molar-refractivity contribution in [1.29, 1.82) is 0 Å². The van der Waals surface area contributed by atoms with Crippen molar-refractivity contribution in [3.63, 3.8) is 0 Å². The normalized spacial score (nSPS) is 11.6. The highest BCUT2D eigenvalue weighted by Crippen LogP contribution is 2.25. The maximum atomic E-state index is 12.6. The fourth-order valence-electron chi connectivity index (χ4n) is 2.95. The molecule has 30 heavy (non-hydrogen) atoms. The minimum atomic E-state index is -0.587. The van der Waals surface area contributed by atoms with Gasteiger partial charge >= 0.3 is 6.03 Å². The smallest absolute Gasteiger partial charge is 0.315 e. The molecule has 0 bridgehead atoms. The van der Waals surface area contributed by atoms with Gasteiger partial charge in [0.05, 0.1) is 0 Å². The number of hydrogen-bond donors (Lipinski definition) is 2. The van der Waals surface area contributed by atoms with Gasteiger partial charge in [-0.3, -0.25) is 0 Å². The van der Waals surface area contributed by atoms with E-state index in [0.29, 0.717) is 23.3 Å². The monoisotopic (exact) mass is 418 g/mol. The fraction of sp³-hybridized carbons (Fsp3) is 0.0870. The van der Waals surface area contributed by atoms with E-state index < -0.39 is 6.04 Å². The minimum absolute atomic E-state index is 0.293. The Morgan fingerprint density at radius 2 is 1.57 bits per heavy atom. The van der Waals surface area contributed by atoms with E-state index in [9.17, 15) is 4.79 Å². The van der Waals surface area contributed by atoms with Crippen LogP contribution in [-0.4, -0.2) is 16.2 Å². The molecule has 0 spiro atoms. The van der Waals surface area contributed by atoms with Crippen LogP contribution < -0.4 is 10.6 Å². The first-order chi connectivity index (χ1) is 14.7. The third-order valence-electron chi connectivity index (χ3n) is 4.48. The Hall–Kier alpha value is -3.64. The summed E-state index contributed by atoms with van der Waals surface area (Å²) in [7, 11) is 0. The first-order valence-electron chi connectivity index (χ1n) is 9.41. The van der Waals surface area contributed by atoms with Crippen LogP contribution in [0.5, 0.6) is 0 Å². The van der Waals surface area contributed by atoms with Crippen LogP contribution in [0.4, 0.5) is 4.79 Å². The molecule has 0 saturated carbocycles. The van der Waals surface area contributed by atoms with Gasteiger partial charge in [-0.25, -0.2) is 4.79 Å². The highest BCUT2D eigenvalue weighted by Gasteiger charge is 2.23. The van der Waals surface area contributed by atoms with E-state index in [0.717, 1.165) is 16.7 Å². The van der Waals surface area contributed by atoms with Crippen LogP contribution in [-0.2, 0) is 6.54 Å². The summed E-state index contributed by atoms with van der Waals surface area (Å²) in [6.07, 6.45) is 0. The first-order valence-corrected chi connectivity index (χ1v) is 9.79. The summed E-state index contributed by atoms with van der Waals surface area (Å²) in [5.41, 5.74) is 2.59. The standard InChI is InChI=1S/C23H19ClN4O2/c24-19-13-11-18(12-14-19)21-27-28-22(30-21)20(17-9-5-2-6-10-17)26-23(29)25-15-16-7-3-1-4-8-16/h1-14,20H,15H2,(H2,25,26,29)/t20-/m0/s1. The summed E-state index contributed by atoms with van der Waals surface area (Å²) in [4.78, 5) is 12.6. The van der Waals surface area contributed by atoms with E-state index in [-0.39, 0.29) is 6.03 Å². The zero-order valence-corrected chi connectivity index (χ0v) is 16.7. The van der Waals surface area contributed by atoms with Crippen molar-refractivity contribution >= 4 is 17.6 Å². The molecule has 0 saturated heterocycles. The number of carbonyl (C=O) groups excluding carboxylic acids is 1. The Morgan fingerprint density at radius 3 is 2.27 bits per heavy atom. The van der Waals surface area contributed by atoms with Gasteiger partial charge < -0.3 is 15.1 Å². The van der Waals surface area contributed by atoms with Gasteiger partial charge in [-0.2, -0.15) is 0 Å². The van der Waals surface area contributed by atoms with Crippen LogP contribution in [0, 0.1) is 0 Å². The highest BCUT2D eigenvalue weighted by molar-refractivity contribution is 6.30. The number of amides is 2. The maximum Gasteiger partial charge on any atom is 0.315 e. The largest absolute Gasteiger partial charge is 0.418 e. The van der Waals surface area contributed by atoms with Crippen LogP contribution in [0.25, 0.3) is 11.5 Å². The summed E-state index contributed by atoms with van der Waals surface area (Å²) in [6.45, 7) is 0.411. The van der Waals surface area contributed by atoms with Crippen molar-refractivity contribution in [1.82, 2.24) is 20.8 Å². The lowest BCUT2D eigenvalue weighted by atomic mass is 10.1. The average Bonchev–Trinajstić information content (AvgIpc) is 3.28. The second-order valence-electron chi connectivity index (χ2n) is 6.61. The third-order valence-corrected chi connectivity index (χ3v) is 4.73. The lowest BCUT2D eigenvalue weighted by molar-refractivity contribution is 0.236. The van der Waals surface area contributed by atoms with Gasteiger partial charge in [0.15, 0.2) is 0 Å². The number of urea groups is 1. The van der Waals surface area contributed by atoms with Gasteiger partial charge in [0.25, 0.3) is 0 Å². The van der Waals surface area contributed by atoms with Crippen LogP contribution >= 0.6 is 11.6 Å². The zero-order valence-electron chi connectivity index (χ0n) is 16.0. The molecule has 0 aliphatic heterocycles. The van der Waals surface area contributed by atoms with Gasteiger partial charge in [-0.05, 0) is 35.4 Å². The van der Waals surface area contributed by atoms with Gasteiger partial charge in [0, 0.05) is 17.1 Å². The van der Waals surface area contributed by atoms with Crippen LogP contribution in [0.2, 0.25) is 5.02 Å². The number of aromatic nitrogens is 2. The van der Waals surface area contributed by atoms with E-state index in [2.05, 4.69) is 20.8 Å². The van der Waals surface area contributed by atoms with Crippen LogP contribution in [0.3, 0.4) is 0 Å². The molecule has 2 N–H and O–H groups in total. The Morgan fingerprint density at radius 1 is 0.900 bits per heavy atom. The molecule has 0 aliphatic carbocycles. The minimum Gasteiger partial charge on any atom is -0.418 e. The van der Waals surface area contributed by atoms with Gasteiger partial charge in [0.1, 0.15) is 6.04 Å². The predicted molar refractivity (Wildman–Crippen MR) is 115 cm³/mol. The van der Waals surface area contributed by atoms with E-state index >= 15 is 0 Å². The Balaban J connectivity index is 1.53. The fourth-order valence-corrected chi connectivity index (χ4v) is 3.08. The van der Waals surface area contributed by atoms with Crippen LogP contribution in [0.15, 0.2) is 89.3 Å². The molecule has 0 fully saturated rings. The van der Waals surface area contributed by atoms with E-state index in [1.807, 2.05) is 60.7 Å². The van der Waals surface area contributed by atoms with Crippen LogP contribution in [0.1, 0.15) is 23.1 Å². The topological polar surface area (TPSA) is 80.0 Å². The molecule has 1 aromatic heterocycles. The molecule has 0 aliphatic rings. The summed E-state index contributed by atoms with van der Waals surface area (Å²) >= 11 is 5.94. The molecule has 0 unspecified atom stereocenters. The molecule has 0 radical (unpaired) electrons. The van der Waals surface area contributed by atoms with Crippen molar-refractivity contribution < 1.29 is 9.21 Å². The molecule has 7 heteroatoms. The molecule has 4 rings (SSSR count). The third kappa shape index (κ3) is 4.85. The Labute approximate surface area is 178 Å². The average molecular weight is 419 g/mol. The summed E-state index contributed by atoms with van der Waals surface area (Å²) in [5, 5.41) is 14.7. The number of benzene rings is 3. The van der Waals surface area contributed by atoms with Gasteiger partial charge in [0.2, 0.25) is 11.8 Å². The molecule has 1 atom stereocenters. The SMILES string of the molecule is O=C(NCc1ccccc1)N[C@@H](c1ccccc1)c1nnc(-c2ccc(Cl)cc2)o1. The van der Waals surface area contributed by atoms with Gasteiger partial charge in [-0.1, -0.05) is 72.3 Å². The number of halogens is 1. The van der Waals surface area contributed by atoms with Crippen molar-refractivity contribution in [2.24, 2.45) is 0 Å². The number of nitrogens with one attached hydrogen (secondary N) is 2. The zero-order chi connectivity index (χ0) is 20.8. The van der Waals surface area contributed by atoms with Crippen molar-refractivity contribution in [3.05, 3.63) is 107 Å². The Kier molecular flexibility index (Phi) is 6.06. The molecular weight excluding hydrogens is 400 g/mol. The number of rotatable bonds is 6. The lowest BCUT2D eigenvalue weighted by Gasteiger charge is -2.16. The second kappa shape index (κ2) is 9.24. The summed E-state index contributed by atoms with van der Waals surface area (Å²) in [5.74, 6) is 0.648. The molecule has 4 aromatic rings. The second-order valence-corrected chi connectivity index (χ2v) is 7.05. The van der Waals surface area contributed by atoms with E-state index in [1.165, 1.54) is 0 Å². The quantitative estimate of drug-likeness (QED) is 0.462. The number of nitrogens with zero attached hydrogens (tertiary/aromatic N) is 2. The lowest BCUT2D eigenvalue weighted by Crippen LogP contribution is -2.38. The number of hydrogen-bond acceptors (Lipinski definition) is 4. The summed E-state index contributed by atoms with van der Waals surface area (Å²) < 4.78 is 5.88. The van der Waals surface area contributed by atoms with Crippen molar-refractivity contribution in [3.8, 4) is 11.5 Å². The molecule has 3 aromatic carbocycles. The van der Waals surface area contributed by atoms with E-state index in [4.69, 9.17) is 16.0 Å². The van der Waals surface area contributed by atoms with E-state index in [1.54, 1.807) is 24.3 Å². The highest BCUT2D eigenvalue weighted by atomic mass is 35.5. The molecular formula is C23H19ClN4O2. The molecule has 6 nitrogen and oxygen atoms in total. The molecule has 2 amide bonds. The Bertz CT molecular complexity index is 1100. The maximum absolute atomic E-state index is 12.6. The molecule has 150 valence electrons. The first kappa shape index (κ1) is 19.7. The van der Waals surface area contributed by atoms with Crippen molar-refractivity contribution in [2.45, 2.75) is 12.6 Å². The molecule has 1 heterocycles. The van der Waals surface area contributed by atoms with Gasteiger partial charge in [-0.15, -0.1) is 10.2 Å². The number of carbonyl (C=O) groups is 1. The predicted octanol–water partition coefficient (Wildman–Crippen LogP) is 4.98. The summed E-state index contributed by atoms with van der Waals surface area (Å²) in [6, 6.07) is 25.4.